The topological polar surface area (TPSA) is 77.5 Å². The quantitative estimate of drug-likeness (QED) is 0.742. The van der Waals surface area contributed by atoms with Crippen LogP contribution in [0.15, 0.2) is 42.6 Å². The highest BCUT2D eigenvalue weighted by atomic mass is 35.5. The fourth-order valence-corrected chi connectivity index (χ4v) is 3.90. The number of nitrogens with one attached hydrogen (secondary N) is 1. The zero-order valence-corrected chi connectivity index (χ0v) is 16.3. The first-order valence-corrected chi connectivity index (χ1v) is 9.95. The maximum Gasteiger partial charge on any atom is 0.333 e. The second kappa shape index (κ2) is 9.10. The number of rotatable bonds is 6. The predicted molar refractivity (Wildman–Crippen MR) is 104 cm³/mol. The van der Waals surface area contributed by atoms with E-state index in [1.807, 2.05) is 0 Å². The van der Waals surface area contributed by atoms with E-state index in [2.05, 4.69) is 10.3 Å². The molecule has 0 aliphatic carbocycles. The Morgan fingerprint density at radius 1 is 1.30 bits per heavy atom. The van der Waals surface area contributed by atoms with Crippen LogP contribution in [0.4, 0.5) is 0 Å². The maximum absolute atomic E-state index is 12.8. The molecule has 1 aromatic heterocycles. The first kappa shape index (κ1) is 19.5. The van der Waals surface area contributed by atoms with Crippen molar-refractivity contribution in [3.05, 3.63) is 58.7 Å². The van der Waals surface area contributed by atoms with Crippen LogP contribution in [0.25, 0.3) is 0 Å². The maximum atomic E-state index is 12.8. The van der Waals surface area contributed by atoms with Gasteiger partial charge in [0.2, 0.25) is 5.88 Å². The molecule has 0 saturated carbocycles. The fourth-order valence-electron chi connectivity index (χ4n) is 2.68. The molecule has 1 fully saturated rings. The van der Waals surface area contributed by atoms with Crippen molar-refractivity contribution in [3.63, 3.8) is 0 Å². The number of ether oxygens (including phenoxy) is 2. The molecule has 2 aromatic rings. The van der Waals surface area contributed by atoms with Crippen LogP contribution in [0.1, 0.15) is 28.4 Å². The molecule has 0 bridgehead atoms. The third-order valence-corrected chi connectivity index (χ3v) is 5.48. The van der Waals surface area contributed by atoms with E-state index in [1.54, 1.807) is 54.4 Å². The van der Waals surface area contributed by atoms with Crippen molar-refractivity contribution in [1.29, 1.82) is 0 Å². The number of carbonyl (C=O) groups excluding carboxylic acids is 2. The van der Waals surface area contributed by atoms with Crippen LogP contribution in [0.3, 0.4) is 0 Å². The van der Waals surface area contributed by atoms with Crippen molar-refractivity contribution in [2.24, 2.45) is 0 Å². The summed E-state index contributed by atoms with van der Waals surface area (Å²) in [4.78, 5) is 29.2. The Kier molecular flexibility index (Phi) is 6.58. The normalized spacial score (nSPS) is 17.2. The zero-order chi connectivity index (χ0) is 19.2. The van der Waals surface area contributed by atoms with Gasteiger partial charge in [-0.05, 0) is 42.0 Å². The molecular weight excluding hydrogens is 388 g/mol. The molecule has 2 unspecified atom stereocenters. The average Bonchev–Trinajstić information content (AvgIpc) is 3.19. The lowest BCUT2D eigenvalue weighted by Gasteiger charge is -2.19. The van der Waals surface area contributed by atoms with Crippen molar-refractivity contribution in [1.82, 2.24) is 10.3 Å². The summed E-state index contributed by atoms with van der Waals surface area (Å²) in [5.41, 5.74) is 0.843. The molecule has 1 N–H and O–H groups in total. The fraction of sp³-hybridized carbons (Fsp3) is 0.316. The van der Waals surface area contributed by atoms with Gasteiger partial charge in [0.25, 0.3) is 5.91 Å². The minimum Gasteiger partial charge on any atom is -0.473 e. The Morgan fingerprint density at radius 2 is 2.07 bits per heavy atom. The van der Waals surface area contributed by atoms with Gasteiger partial charge in [0.15, 0.2) is 6.04 Å². The lowest BCUT2D eigenvalue weighted by atomic mass is 10.1. The van der Waals surface area contributed by atoms with Crippen molar-refractivity contribution in [2.45, 2.75) is 18.6 Å². The monoisotopic (exact) mass is 406 g/mol. The molecule has 8 heteroatoms. The highest BCUT2D eigenvalue weighted by molar-refractivity contribution is 7.99. The molecule has 6 nitrogen and oxygen atoms in total. The van der Waals surface area contributed by atoms with Gasteiger partial charge in [-0.2, -0.15) is 11.8 Å². The SMILES string of the molecule is COC(=O)C(NC(=O)c1cccnc1OC1CCSC1)c1ccc(Cl)cc1. The highest BCUT2D eigenvalue weighted by Crippen LogP contribution is 2.25. The molecule has 1 aromatic carbocycles. The number of hydrogen-bond donors (Lipinski definition) is 1. The Bertz CT molecular complexity index is 810. The molecule has 2 atom stereocenters. The molecule has 1 aliphatic rings. The number of aromatic nitrogens is 1. The standard InChI is InChI=1S/C19H19ClN2O4S/c1-25-19(24)16(12-4-6-13(20)7-5-12)22-17(23)15-3-2-9-21-18(15)26-14-8-10-27-11-14/h2-7,9,14,16H,8,10-11H2,1H3,(H,22,23). The van der Waals surface area contributed by atoms with E-state index < -0.39 is 17.9 Å². The number of nitrogens with zero attached hydrogens (tertiary/aromatic N) is 1. The number of methoxy groups -OCH3 is 1. The van der Waals surface area contributed by atoms with Gasteiger partial charge in [0.1, 0.15) is 11.7 Å². The second-order valence-corrected chi connectivity index (χ2v) is 7.53. The average molecular weight is 407 g/mol. The van der Waals surface area contributed by atoms with Gasteiger partial charge in [-0.15, -0.1) is 0 Å². The summed E-state index contributed by atoms with van der Waals surface area (Å²) in [6.07, 6.45) is 2.52. The molecular formula is C19H19ClN2O4S. The number of pyridine rings is 1. The van der Waals surface area contributed by atoms with E-state index in [1.165, 1.54) is 7.11 Å². The number of halogens is 1. The Labute approximate surface area is 166 Å². The molecule has 0 spiro atoms. The summed E-state index contributed by atoms with van der Waals surface area (Å²) in [7, 11) is 1.27. The molecule has 1 saturated heterocycles. The Morgan fingerprint density at radius 3 is 2.74 bits per heavy atom. The first-order chi connectivity index (χ1) is 13.1. The lowest BCUT2D eigenvalue weighted by Crippen LogP contribution is -2.35. The number of thioether (sulfide) groups is 1. The number of amides is 1. The summed E-state index contributed by atoms with van der Waals surface area (Å²) >= 11 is 7.71. The number of carbonyl (C=O) groups is 2. The highest BCUT2D eigenvalue weighted by Gasteiger charge is 2.27. The van der Waals surface area contributed by atoms with Gasteiger partial charge < -0.3 is 14.8 Å². The van der Waals surface area contributed by atoms with E-state index in [0.29, 0.717) is 10.6 Å². The molecule has 27 heavy (non-hydrogen) atoms. The van der Waals surface area contributed by atoms with Gasteiger partial charge in [-0.25, -0.2) is 9.78 Å². The smallest absolute Gasteiger partial charge is 0.333 e. The van der Waals surface area contributed by atoms with Crippen molar-refractivity contribution in [3.8, 4) is 5.88 Å². The summed E-state index contributed by atoms with van der Waals surface area (Å²) < 4.78 is 10.7. The van der Waals surface area contributed by atoms with Gasteiger partial charge in [0.05, 0.1) is 7.11 Å². The van der Waals surface area contributed by atoms with Crippen molar-refractivity contribution >= 4 is 35.2 Å². The molecule has 3 rings (SSSR count). The van der Waals surface area contributed by atoms with Crippen LogP contribution in [0, 0.1) is 0 Å². The van der Waals surface area contributed by atoms with E-state index in [0.717, 1.165) is 17.9 Å². The predicted octanol–water partition coefficient (Wildman–Crippen LogP) is 3.26. The molecule has 2 heterocycles. The van der Waals surface area contributed by atoms with Crippen LogP contribution in [0.5, 0.6) is 5.88 Å². The third-order valence-electron chi connectivity index (χ3n) is 4.10. The van der Waals surface area contributed by atoms with Gasteiger partial charge in [-0.1, -0.05) is 23.7 Å². The number of esters is 1. The van der Waals surface area contributed by atoms with Crippen LogP contribution in [-0.4, -0.2) is 41.6 Å². The van der Waals surface area contributed by atoms with Crippen LogP contribution >= 0.6 is 23.4 Å². The van der Waals surface area contributed by atoms with Crippen LogP contribution in [0.2, 0.25) is 5.02 Å². The van der Waals surface area contributed by atoms with Crippen LogP contribution < -0.4 is 10.1 Å². The summed E-state index contributed by atoms with van der Waals surface area (Å²) in [6, 6.07) is 8.94. The lowest BCUT2D eigenvalue weighted by molar-refractivity contribution is -0.143. The largest absolute Gasteiger partial charge is 0.473 e. The summed E-state index contributed by atoms with van der Waals surface area (Å²) in [5, 5.41) is 3.24. The molecule has 0 radical (unpaired) electrons. The van der Waals surface area contributed by atoms with E-state index in [9.17, 15) is 9.59 Å². The van der Waals surface area contributed by atoms with E-state index in [4.69, 9.17) is 21.1 Å². The van der Waals surface area contributed by atoms with Crippen molar-refractivity contribution < 1.29 is 19.1 Å². The molecule has 142 valence electrons. The summed E-state index contributed by atoms with van der Waals surface area (Å²) in [5.74, 6) is 1.12. The van der Waals surface area contributed by atoms with E-state index in [-0.39, 0.29) is 17.5 Å². The first-order valence-electron chi connectivity index (χ1n) is 8.42. The van der Waals surface area contributed by atoms with Gasteiger partial charge >= 0.3 is 5.97 Å². The third kappa shape index (κ3) is 4.93. The van der Waals surface area contributed by atoms with Crippen molar-refractivity contribution in [2.75, 3.05) is 18.6 Å². The number of hydrogen-bond acceptors (Lipinski definition) is 6. The minimum atomic E-state index is -0.963. The Balaban J connectivity index is 1.81. The number of benzene rings is 1. The van der Waals surface area contributed by atoms with Gasteiger partial charge in [0, 0.05) is 17.0 Å². The minimum absolute atomic E-state index is 0.0316. The molecule has 1 amide bonds. The van der Waals surface area contributed by atoms with Gasteiger partial charge in [-0.3, -0.25) is 4.79 Å². The molecule has 1 aliphatic heterocycles. The zero-order valence-electron chi connectivity index (χ0n) is 14.7. The summed E-state index contributed by atoms with van der Waals surface area (Å²) in [6.45, 7) is 0. The second-order valence-electron chi connectivity index (χ2n) is 5.94. The van der Waals surface area contributed by atoms with Crippen LogP contribution in [-0.2, 0) is 9.53 Å². The van der Waals surface area contributed by atoms with E-state index >= 15 is 0 Å². The Hall–Kier alpha value is -2.25.